The number of hydroxylamine groups is 2. The second-order valence-electron chi connectivity index (χ2n) is 2.88. The molecule has 0 rings (SSSR count). The van der Waals surface area contributed by atoms with Crippen molar-refractivity contribution in [2.75, 3.05) is 33.0 Å². The van der Waals surface area contributed by atoms with Crippen LogP contribution in [-0.4, -0.2) is 48.4 Å². The molecule has 86 valence electrons. The van der Waals surface area contributed by atoms with Crippen molar-refractivity contribution in [3.05, 3.63) is 0 Å². The molecule has 0 heterocycles. The van der Waals surface area contributed by atoms with Crippen LogP contribution in [-0.2, 0) is 9.68 Å². The van der Waals surface area contributed by atoms with Crippen molar-refractivity contribution in [1.29, 1.82) is 0 Å². The van der Waals surface area contributed by atoms with E-state index in [1.54, 1.807) is 0 Å². The zero-order valence-electron chi connectivity index (χ0n) is 8.81. The first-order valence-corrected chi connectivity index (χ1v) is 5.10. The molecule has 5 nitrogen and oxygen atoms in total. The summed E-state index contributed by atoms with van der Waals surface area (Å²) in [4.78, 5) is 10.2. The van der Waals surface area contributed by atoms with Crippen LogP contribution in [0.3, 0.4) is 0 Å². The molecular weight excluding hydrogens is 186 g/mol. The summed E-state index contributed by atoms with van der Waals surface area (Å²) in [5.41, 5.74) is 0. The molecule has 0 aromatic rings. The van der Waals surface area contributed by atoms with Crippen LogP contribution in [0.4, 0.5) is 0 Å². The van der Waals surface area contributed by atoms with Gasteiger partial charge in [0.25, 0.3) is 0 Å². The third-order valence-corrected chi connectivity index (χ3v) is 1.60. The molecule has 0 aliphatic heterocycles. The van der Waals surface area contributed by atoms with E-state index in [2.05, 4.69) is 6.92 Å². The van der Waals surface area contributed by atoms with E-state index in [4.69, 9.17) is 19.9 Å². The van der Waals surface area contributed by atoms with Gasteiger partial charge in [-0.05, 0) is 6.42 Å². The van der Waals surface area contributed by atoms with Crippen LogP contribution in [0.25, 0.3) is 0 Å². The van der Waals surface area contributed by atoms with E-state index < -0.39 is 0 Å². The minimum absolute atomic E-state index is 0.0350. The summed E-state index contributed by atoms with van der Waals surface area (Å²) in [6.07, 6.45) is 3.22. The van der Waals surface area contributed by atoms with E-state index in [1.807, 2.05) is 0 Å². The molecule has 5 heteroatoms. The van der Waals surface area contributed by atoms with E-state index in [9.17, 15) is 0 Å². The molecule has 0 bridgehead atoms. The number of aliphatic hydroxyl groups is 2. The van der Waals surface area contributed by atoms with Crippen LogP contribution in [0.2, 0.25) is 0 Å². The predicted octanol–water partition coefficient (Wildman–Crippen LogP) is 0.326. The van der Waals surface area contributed by atoms with E-state index in [0.717, 1.165) is 19.3 Å². The monoisotopic (exact) mass is 207 g/mol. The molecule has 0 radical (unpaired) electrons. The van der Waals surface area contributed by atoms with Gasteiger partial charge in [-0.15, -0.1) is 0 Å². The molecule has 2 N–H and O–H groups in total. The summed E-state index contributed by atoms with van der Waals surface area (Å²) < 4.78 is 0. The average Bonchev–Trinajstić information content (AvgIpc) is 2.21. The molecule has 0 saturated carbocycles. The summed E-state index contributed by atoms with van der Waals surface area (Å²) in [7, 11) is 0. The lowest BCUT2D eigenvalue weighted by Gasteiger charge is -2.19. The number of hydrogen-bond donors (Lipinski definition) is 2. The van der Waals surface area contributed by atoms with Gasteiger partial charge in [-0.1, -0.05) is 25.0 Å². The number of rotatable bonds is 10. The van der Waals surface area contributed by atoms with E-state index in [-0.39, 0.29) is 26.4 Å². The summed E-state index contributed by atoms with van der Waals surface area (Å²) in [6.45, 7) is 3.15. The van der Waals surface area contributed by atoms with Gasteiger partial charge in [-0.2, -0.15) is 0 Å². The Morgan fingerprint density at radius 3 is 2.00 bits per heavy atom. The minimum Gasteiger partial charge on any atom is -0.394 e. The van der Waals surface area contributed by atoms with E-state index >= 15 is 0 Å². The van der Waals surface area contributed by atoms with Gasteiger partial charge in [0.05, 0.1) is 33.0 Å². The van der Waals surface area contributed by atoms with Gasteiger partial charge in [0.1, 0.15) is 0 Å². The lowest BCUT2D eigenvalue weighted by atomic mass is 10.2. The Bertz CT molecular complexity index is 105. The topological polar surface area (TPSA) is 62.2 Å². The van der Waals surface area contributed by atoms with Crippen LogP contribution < -0.4 is 0 Å². The van der Waals surface area contributed by atoms with Gasteiger partial charge < -0.3 is 10.2 Å². The zero-order valence-corrected chi connectivity index (χ0v) is 8.81. The number of hydrogen-bond acceptors (Lipinski definition) is 5. The van der Waals surface area contributed by atoms with Crippen LogP contribution in [0.1, 0.15) is 26.2 Å². The van der Waals surface area contributed by atoms with Crippen molar-refractivity contribution >= 4 is 0 Å². The van der Waals surface area contributed by atoms with Gasteiger partial charge in [-0.3, -0.25) is 9.68 Å². The van der Waals surface area contributed by atoms with Crippen molar-refractivity contribution in [2.24, 2.45) is 0 Å². The van der Waals surface area contributed by atoms with Gasteiger partial charge in [-0.25, -0.2) is 0 Å². The van der Waals surface area contributed by atoms with Gasteiger partial charge in [0, 0.05) is 0 Å². The standard InChI is InChI=1S/C9H21NO4/c1-2-3-4-5-10(13-8-6-11)14-9-7-12/h11-12H,2-9H2,1H3. The second kappa shape index (κ2) is 10.9. The summed E-state index contributed by atoms with van der Waals surface area (Å²) in [5, 5.41) is 18.4. The summed E-state index contributed by atoms with van der Waals surface area (Å²) in [6, 6.07) is 0. The maximum atomic E-state index is 8.56. The fraction of sp³-hybridized carbons (Fsp3) is 1.00. The lowest BCUT2D eigenvalue weighted by Crippen LogP contribution is -2.28. The highest BCUT2D eigenvalue weighted by Crippen LogP contribution is 1.99. The van der Waals surface area contributed by atoms with Crippen LogP contribution >= 0.6 is 0 Å². The highest BCUT2D eigenvalue weighted by atomic mass is 16.9. The highest BCUT2D eigenvalue weighted by molar-refractivity contribution is 4.39. The number of unbranched alkanes of at least 4 members (excludes halogenated alkanes) is 2. The van der Waals surface area contributed by atoms with Crippen molar-refractivity contribution in [1.82, 2.24) is 5.23 Å². The predicted molar refractivity (Wildman–Crippen MR) is 52.3 cm³/mol. The molecule has 0 aliphatic carbocycles. The molecule has 0 aromatic carbocycles. The Balaban J connectivity index is 3.49. The maximum Gasteiger partial charge on any atom is 0.0942 e. The number of nitrogens with zero attached hydrogens (tertiary/aromatic N) is 1. The Labute approximate surface area is 85.1 Å². The first-order chi connectivity index (χ1) is 6.85. The van der Waals surface area contributed by atoms with Gasteiger partial charge in [0.2, 0.25) is 0 Å². The van der Waals surface area contributed by atoms with Crippen molar-refractivity contribution in [3.8, 4) is 0 Å². The zero-order chi connectivity index (χ0) is 10.6. The molecule has 0 saturated heterocycles. The summed E-state index contributed by atoms with van der Waals surface area (Å²) in [5.74, 6) is 0. The molecule has 14 heavy (non-hydrogen) atoms. The van der Waals surface area contributed by atoms with Crippen LogP contribution in [0.15, 0.2) is 0 Å². The SMILES string of the molecule is CCCCCN(OCCO)OCCO. The fourth-order valence-electron chi connectivity index (χ4n) is 0.943. The lowest BCUT2D eigenvalue weighted by molar-refractivity contribution is -0.371. The van der Waals surface area contributed by atoms with Gasteiger partial charge in [0.15, 0.2) is 0 Å². The molecule has 0 aromatic heterocycles. The molecule has 0 atom stereocenters. The van der Waals surface area contributed by atoms with Crippen LogP contribution in [0, 0.1) is 0 Å². The molecule has 0 fully saturated rings. The first kappa shape index (κ1) is 13.8. The second-order valence-corrected chi connectivity index (χ2v) is 2.88. The van der Waals surface area contributed by atoms with Crippen molar-refractivity contribution in [3.63, 3.8) is 0 Å². The van der Waals surface area contributed by atoms with Crippen molar-refractivity contribution < 1.29 is 19.9 Å². The minimum atomic E-state index is -0.0350. The van der Waals surface area contributed by atoms with Crippen LogP contribution in [0.5, 0.6) is 0 Å². The third kappa shape index (κ3) is 8.40. The van der Waals surface area contributed by atoms with E-state index in [1.165, 1.54) is 5.23 Å². The highest BCUT2D eigenvalue weighted by Gasteiger charge is 2.04. The Kier molecular flexibility index (Phi) is 10.7. The molecule has 0 aliphatic rings. The van der Waals surface area contributed by atoms with Gasteiger partial charge >= 0.3 is 0 Å². The summed E-state index contributed by atoms with van der Waals surface area (Å²) >= 11 is 0. The first-order valence-electron chi connectivity index (χ1n) is 5.10. The third-order valence-electron chi connectivity index (χ3n) is 1.60. The molecule has 0 spiro atoms. The maximum absolute atomic E-state index is 8.56. The molecule has 0 unspecified atom stereocenters. The normalized spacial score (nSPS) is 11.1. The average molecular weight is 207 g/mol. The molecule has 0 amide bonds. The molecular formula is C9H21NO4. The largest absolute Gasteiger partial charge is 0.394 e. The smallest absolute Gasteiger partial charge is 0.0942 e. The Hall–Kier alpha value is -0.200. The quantitative estimate of drug-likeness (QED) is 0.399. The Morgan fingerprint density at radius 1 is 1.00 bits per heavy atom. The fourth-order valence-corrected chi connectivity index (χ4v) is 0.943. The Morgan fingerprint density at radius 2 is 1.57 bits per heavy atom. The van der Waals surface area contributed by atoms with E-state index in [0.29, 0.717) is 6.54 Å². The number of aliphatic hydroxyl groups excluding tert-OH is 2. The van der Waals surface area contributed by atoms with Crippen molar-refractivity contribution in [2.45, 2.75) is 26.2 Å².